The van der Waals surface area contributed by atoms with E-state index in [9.17, 15) is 4.79 Å². The minimum absolute atomic E-state index is 0.396. The van der Waals surface area contributed by atoms with Crippen molar-refractivity contribution in [2.45, 2.75) is 71.3 Å². The molecular formula is C21H35N3O2. The van der Waals surface area contributed by atoms with Crippen molar-refractivity contribution in [3.63, 3.8) is 0 Å². The Bertz CT molecular complexity index is 570. The highest BCUT2D eigenvalue weighted by atomic mass is 16.5. The van der Waals surface area contributed by atoms with Crippen LogP contribution >= 0.6 is 0 Å². The summed E-state index contributed by atoms with van der Waals surface area (Å²) in [5.41, 5.74) is 1.21. The molecule has 1 aromatic heterocycles. The summed E-state index contributed by atoms with van der Waals surface area (Å²) in [7, 11) is 1.74. The number of piperidine rings is 1. The average molecular weight is 362 g/mol. The van der Waals surface area contributed by atoms with Gasteiger partial charge < -0.3 is 14.2 Å². The second kappa shape index (κ2) is 9.54. The van der Waals surface area contributed by atoms with Crippen molar-refractivity contribution in [3.05, 3.63) is 17.7 Å². The Morgan fingerprint density at radius 1 is 1.15 bits per heavy atom. The zero-order valence-electron chi connectivity index (χ0n) is 16.6. The molecule has 0 atom stereocenters. The van der Waals surface area contributed by atoms with Crippen molar-refractivity contribution < 1.29 is 9.53 Å². The van der Waals surface area contributed by atoms with Crippen molar-refractivity contribution in [1.29, 1.82) is 0 Å². The van der Waals surface area contributed by atoms with Crippen LogP contribution in [0.15, 0.2) is 6.20 Å². The van der Waals surface area contributed by atoms with Crippen LogP contribution < -0.4 is 0 Å². The molecule has 1 aliphatic heterocycles. The first-order valence-corrected chi connectivity index (χ1v) is 10.4. The molecule has 1 saturated carbocycles. The predicted octanol–water partition coefficient (Wildman–Crippen LogP) is 3.59. The Morgan fingerprint density at radius 3 is 2.58 bits per heavy atom. The summed E-state index contributed by atoms with van der Waals surface area (Å²) in [5, 5.41) is 0. The molecule has 146 valence electrons. The van der Waals surface area contributed by atoms with Gasteiger partial charge in [-0.25, -0.2) is 4.98 Å². The summed E-state index contributed by atoms with van der Waals surface area (Å²) in [6.45, 7) is 5.55. The van der Waals surface area contributed by atoms with Gasteiger partial charge in [0.2, 0.25) is 5.91 Å². The number of nitrogens with zero attached hydrogens (tertiary/aromatic N) is 3. The fraction of sp³-hybridized carbons (Fsp3) is 0.810. The molecule has 1 aliphatic carbocycles. The summed E-state index contributed by atoms with van der Waals surface area (Å²) >= 11 is 0. The smallest absolute Gasteiger partial charge is 0.222 e. The largest absolute Gasteiger partial charge is 0.383 e. The molecule has 0 radical (unpaired) electrons. The zero-order chi connectivity index (χ0) is 18.4. The van der Waals surface area contributed by atoms with E-state index < -0.39 is 0 Å². The molecule has 26 heavy (non-hydrogen) atoms. The van der Waals surface area contributed by atoms with Crippen molar-refractivity contribution >= 4 is 5.91 Å². The molecule has 0 unspecified atom stereocenters. The molecular weight excluding hydrogens is 326 g/mol. The molecule has 0 aromatic carbocycles. The average Bonchev–Trinajstić information content (AvgIpc) is 3.01. The van der Waals surface area contributed by atoms with Gasteiger partial charge in [-0.15, -0.1) is 0 Å². The van der Waals surface area contributed by atoms with E-state index in [4.69, 9.17) is 4.74 Å². The van der Waals surface area contributed by atoms with Gasteiger partial charge in [-0.05, 0) is 44.4 Å². The second-order valence-electron chi connectivity index (χ2n) is 8.20. The highest BCUT2D eigenvalue weighted by Gasteiger charge is 2.26. The first-order chi connectivity index (χ1) is 12.7. The third kappa shape index (κ3) is 5.09. The fourth-order valence-electron chi connectivity index (χ4n) is 4.57. The number of hydrogen-bond donors (Lipinski definition) is 0. The number of amides is 1. The van der Waals surface area contributed by atoms with E-state index in [-0.39, 0.29) is 0 Å². The van der Waals surface area contributed by atoms with E-state index in [2.05, 4.69) is 21.4 Å². The lowest BCUT2D eigenvalue weighted by atomic mass is 9.86. The number of likely N-dealkylation sites (tertiary alicyclic amines) is 1. The van der Waals surface area contributed by atoms with Crippen LogP contribution in [0.2, 0.25) is 0 Å². The SMILES string of the molecule is COCCn1c(C)cnc1CC1CCN(C(=O)CC2CCCCC2)CC1. The van der Waals surface area contributed by atoms with Crippen LogP contribution in [0.1, 0.15) is 62.9 Å². The molecule has 0 spiro atoms. The lowest BCUT2D eigenvalue weighted by molar-refractivity contribution is -0.133. The third-order valence-electron chi connectivity index (χ3n) is 6.28. The quantitative estimate of drug-likeness (QED) is 0.746. The van der Waals surface area contributed by atoms with Gasteiger partial charge in [-0.3, -0.25) is 4.79 Å². The highest BCUT2D eigenvalue weighted by Crippen LogP contribution is 2.28. The van der Waals surface area contributed by atoms with Gasteiger partial charge in [0.15, 0.2) is 0 Å². The van der Waals surface area contributed by atoms with Crippen LogP contribution in [-0.4, -0.2) is 47.2 Å². The molecule has 3 rings (SSSR count). The molecule has 5 heteroatoms. The summed E-state index contributed by atoms with van der Waals surface area (Å²) in [4.78, 5) is 19.3. The van der Waals surface area contributed by atoms with Gasteiger partial charge in [-0.1, -0.05) is 19.3 Å². The van der Waals surface area contributed by atoms with Crippen molar-refractivity contribution in [2.75, 3.05) is 26.8 Å². The molecule has 5 nitrogen and oxygen atoms in total. The summed E-state index contributed by atoms with van der Waals surface area (Å²) < 4.78 is 7.51. The number of carbonyl (C=O) groups excluding carboxylic acids is 1. The lowest BCUT2D eigenvalue weighted by Crippen LogP contribution is -2.40. The standard InChI is InChI=1S/C21H35N3O2/c1-17-16-22-20(24(17)12-13-26-2)14-19-8-10-23(11-9-19)21(25)15-18-6-4-3-5-7-18/h16,18-19H,3-15H2,1-2H3. The minimum Gasteiger partial charge on any atom is -0.383 e. The van der Waals surface area contributed by atoms with Gasteiger partial charge >= 0.3 is 0 Å². The number of imidazole rings is 1. The van der Waals surface area contributed by atoms with Crippen molar-refractivity contribution in [1.82, 2.24) is 14.5 Å². The number of aryl methyl sites for hydroxylation is 1. The maximum atomic E-state index is 12.6. The number of carbonyl (C=O) groups is 1. The van der Waals surface area contributed by atoms with Crippen LogP contribution in [0, 0.1) is 18.8 Å². The van der Waals surface area contributed by atoms with E-state index in [0.29, 0.717) is 17.7 Å². The molecule has 0 N–H and O–H groups in total. The molecule has 1 amide bonds. The molecule has 2 aliphatic rings. The molecule has 2 fully saturated rings. The molecule has 1 saturated heterocycles. The van der Waals surface area contributed by atoms with Gasteiger partial charge in [-0.2, -0.15) is 0 Å². The first-order valence-electron chi connectivity index (χ1n) is 10.4. The Hall–Kier alpha value is -1.36. The fourth-order valence-corrected chi connectivity index (χ4v) is 4.57. The van der Waals surface area contributed by atoms with E-state index in [1.165, 1.54) is 43.6 Å². The predicted molar refractivity (Wildman–Crippen MR) is 103 cm³/mol. The Morgan fingerprint density at radius 2 is 1.88 bits per heavy atom. The Kier molecular flexibility index (Phi) is 7.12. The molecule has 1 aromatic rings. The number of methoxy groups -OCH3 is 1. The number of hydrogen-bond acceptors (Lipinski definition) is 3. The van der Waals surface area contributed by atoms with Crippen molar-refractivity contribution in [2.24, 2.45) is 11.8 Å². The van der Waals surface area contributed by atoms with Gasteiger partial charge in [0.1, 0.15) is 5.82 Å². The van der Waals surface area contributed by atoms with Gasteiger partial charge in [0, 0.05) is 51.5 Å². The normalized spacial score (nSPS) is 19.8. The van der Waals surface area contributed by atoms with Crippen molar-refractivity contribution in [3.8, 4) is 0 Å². The van der Waals surface area contributed by atoms with Gasteiger partial charge in [0.05, 0.1) is 6.61 Å². The molecule has 0 bridgehead atoms. The highest BCUT2D eigenvalue weighted by molar-refractivity contribution is 5.76. The zero-order valence-corrected chi connectivity index (χ0v) is 16.6. The topological polar surface area (TPSA) is 47.4 Å². The van der Waals surface area contributed by atoms with Crippen LogP contribution in [0.3, 0.4) is 0 Å². The van der Waals surface area contributed by atoms with E-state index >= 15 is 0 Å². The second-order valence-corrected chi connectivity index (χ2v) is 8.20. The van der Waals surface area contributed by atoms with E-state index in [0.717, 1.165) is 51.9 Å². The summed E-state index contributed by atoms with van der Waals surface area (Å²) in [6, 6.07) is 0. The lowest BCUT2D eigenvalue weighted by Gasteiger charge is -2.33. The minimum atomic E-state index is 0.396. The van der Waals surface area contributed by atoms with E-state index in [1.807, 2.05) is 6.20 Å². The van der Waals surface area contributed by atoms with Gasteiger partial charge in [0.25, 0.3) is 0 Å². The number of ether oxygens (including phenoxy) is 1. The molecule has 2 heterocycles. The first kappa shape index (κ1) is 19.4. The maximum Gasteiger partial charge on any atom is 0.222 e. The maximum absolute atomic E-state index is 12.6. The van der Waals surface area contributed by atoms with Crippen LogP contribution in [0.4, 0.5) is 0 Å². The Balaban J connectivity index is 1.45. The number of rotatable bonds is 7. The summed E-state index contributed by atoms with van der Waals surface area (Å²) in [5.74, 6) is 2.85. The Labute approximate surface area is 158 Å². The van der Waals surface area contributed by atoms with Crippen LogP contribution in [0.5, 0.6) is 0 Å². The third-order valence-corrected chi connectivity index (χ3v) is 6.28. The monoisotopic (exact) mass is 361 g/mol. The van der Waals surface area contributed by atoms with Crippen LogP contribution in [0.25, 0.3) is 0 Å². The number of aromatic nitrogens is 2. The summed E-state index contributed by atoms with van der Waals surface area (Å²) in [6.07, 6.45) is 12.5. The van der Waals surface area contributed by atoms with Crippen LogP contribution in [-0.2, 0) is 22.5 Å². The van der Waals surface area contributed by atoms with E-state index in [1.54, 1.807) is 7.11 Å².